The lowest BCUT2D eigenvalue weighted by Crippen LogP contribution is -2.29. The van der Waals surface area contributed by atoms with Crippen LogP contribution in [0.5, 0.6) is 0 Å². The zero-order valence-electron chi connectivity index (χ0n) is 12.5. The van der Waals surface area contributed by atoms with Crippen molar-refractivity contribution < 1.29 is 0 Å². The number of likely N-dealkylation sites (N-methyl/N-ethyl adjacent to an activating group) is 1. The van der Waals surface area contributed by atoms with Gasteiger partial charge in [0.2, 0.25) is 0 Å². The molecule has 3 nitrogen and oxygen atoms in total. The fourth-order valence-electron chi connectivity index (χ4n) is 2.98. The second-order valence-corrected chi connectivity index (χ2v) is 5.45. The van der Waals surface area contributed by atoms with Crippen molar-refractivity contribution in [3.05, 3.63) is 41.6 Å². The largest absolute Gasteiger partial charge is 0.316 e. The molecule has 1 aromatic heterocycles. The van der Waals surface area contributed by atoms with E-state index >= 15 is 0 Å². The minimum atomic E-state index is 0. The smallest absolute Gasteiger partial charge is 0.0708 e. The first-order valence-electron chi connectivity index (χ1n) is 7.01. The van der Waals surface area contributed by atoms with Crippen molar-refractivity contribution in [3.8, 4) is 0 Å². The summed E-state index contributed by atoms with van der Waals surface area (Å²) in [7, 11) is 2.06. The van der Waals surface area contributed by atoms with Gasteiger partial charge in [0.1, 0.15) is 0 Å². The first-order chi connectivity index (χ1) is 9.26. The normalized spacial score (nSPS) is 18.3. The predicted octanol–water partition coefficient (Wildman–Crippen LogP) is 3.18. The van der Waals surface area contributed by atoms with E-state index in [0.717, 1.165) is 24.3 Å². The number of benzene rings is 1. The van der Waals surface area contributed by atoms with Gasteiger partial charge in [0.05, 0.1) is 5.52 Å². The molecule has 1 aliphatic rings. The van der Waals surface area contributed by atoms with Gasteiger partial charge in [0, 0.05) is 36.8 Å². The highest BCUT2D eigenvalue weighted by atomic mass is 35.5. The molecule has 21 heavy (non-hydrogen) atoms. The summed E-state index contributed by atoms with van der Waals surface area (Å²) < 4.78 is 0. The lowest BCUT2D eigenvalue weighted by Gasteiger charge is -2.17. The fourth-order valence-corrected chi connectivity index (χ4v) is 2.98. The summed E-state index contributed by atoms with van der Waals surface area (Å²) in [5, 5.41) is 4.67. The van der Waals surface area contributed by atoms with E-state index in [1.54, 1.807) is 0 Å². The standard InChI is InChI=1S/C16H21N3.2ClH/c1-12-9-13(10-19-8-7-14(11-19)17-2)15-5-3-4-6-16(15)18-12;;/h3-6,9,14,17H,7-8,10-11H2,1-2H3;2*1H. The molecule has 0 bridgehead atoms. The van der Waals surface area contributed by atoms with Crippen LogP contribution in [0.3, 0.4) is 0 Å². The molecule has 1 N–H and O–H groups in total. The van der Waals surface area contributed by atoms with Crippen LogP contribution < -0.4 is 5.32 Å². The number of hydrogen-bond donors (Lipinski definition) is 1. The lowest BCUT2D eigenvalue weighted by molar-refractivity contribution is 0.323. The summed E-state index contributed by atoms with van der Waals surface area (Å²) in [6, 6.07) is 11.3. The third-order valence-electron chi connectivity index (χ3n) is 4.00. The molecule has 0 amide bonds. The highest BCUT2D eigenvalue weighted by molar-refractivity contribution is 5.85. The van der Waals surface area contributed by atoms with Gasteiger partial charge in [-0.2, -0.15) is 0 Å². The van der Waals surface area contributed by atoms with Gasteiger partial charge in [-0.25, -0.2) is 0 Å². The van der Waals surface area contributed by atoms with Crippen LogP contribution in [0.15, 0.2) is 30.3 Å². The Morgan fingerprint density at radius 1 is 1.29 bits per heavy atom. The van der Waals surface area contributed by atoms with Gasteiger partial charge in [-0.15, -0.1) is 24.8 Å². The summed E-state index contributed by atoms with van der Waals surface area (Å²) in [5.74, 6) is 0. The van der Waals surface area contributed by atoms with E-state index < -0.39 is 0 Å². The molecule has 3 rings (SSSR count). The fraction of sp³-hybridized carbons (Fsp3) is 0.438. The van der Waals surface area contributed by atoms with Crippen molar-refractivity contribution in [2.75, 3.05) is 20.1 Å². The molecule has 2 heterocycles. The second kappa shape index (κ2) is 7.95. The minimum absolute atomic E-state index is 0. The van der Waals surface area contributed by atoms with Crippen molar-refractivity contribution in [3.63, 3.8) is 0 Å². The first-order valence-corrected chi connectivity index (χ1v) is 7.01. The van der Waals surface area contributed by atoms with E-state index in [0.29, 0.717) is 6.04 Å². The van der Waals surface area contributed by atoms with Crippen LogP contribution in [0.25, 0.3) is 10.9 Å². The molecule has 1 aromatic carbocycles. The van der Waals surface area contributed by atoms with Crippen molar-refractivity contribution >= 4 is 35.7 Å². The number of pyridine rings is 1. The summed E-state index contributed by atoms with van der Waals surface area (Å²) in [4.78, 5) is 7.14. The summed E-state index contributed by atoms with van der Waals surface area (Å²) in [5.41, 5.74) is 3.62. The van der Waals surface area contributed by atoms with E-state index in [4.69, 9.17) is 0 Å². The average Bonchev–Trinajstić information content (AvgIpc) is 2.86. The number of likely N-dealkylation sites (tertiary alicyclic amines) is 1. The number of nitrogens with one attached hydrogen (secondary N) is 1. The molecule has 1 saturated heterocycles. The maximum absolute atomic E-state index is 4.61. The Hall–Kier alpha value is -0.870. The van der Waals surface area contributed by atoms with Crippen LogP contribution in [0.4, 0.5) is 0 Å². The monoisotopic (exact) mass is 327 g/mol. The molecule has 0 spiro atoms. The molecule has 1 unspecified atom stereocenters. The Balaban J connectivity index is 0.00000110. The van der Waals surface area contributed by atoms with E-state index in [1.807, 2.05) is 0 Å². The van der Waals surface area contributed by atoms with E-state index in [-0.39, 0.29) is 24.8 Å². The molecule has 1 fully saturated rings. The molecule has 116 valence electrons. The number of fused-ring (bicyclic) bond motifs is 1. The Labute approximate surface area is 138 Å². The average molecular weight is 328 g/mol. The van der Waals surface area contributed by atoms with Crippen molar-refractivity contribution in [2.45, 2.75) is 25.9 Å². The van der Waals surface area contributed by atoms with Crippen molar-refractivity contribution in [1.82, 2.24) is 15.2 Å². The molecule has 0 radical (unpaired) electrons. The third kappa shape index (κ3) is 4.07. The van der Waals surface area contributed by atoms with E-state index in [9.17, 15) is 0 Å². The van der Waals surface area contributed by atoms with E-state index in [2.05, 4.69) is 59.5 Å². The topological polar surface area (TPSA) is 28.2 Å². The lowest BCUT2D eigenvalue weighted by atomic mass is 10.1. The number of aromatic nitrogens is 1. The van der Waals surface area contributed by atoms with Gasteiger partial charge in [-0.1, -0.05) is 18.2 Å². The van der Waals surface area contributed by atoms with E-state index in [1.165, 1.54) is 23.9 Å². The maximum atomic E-state index is 4.61. The molecular formula is C16H23Cl2N3. The van der Waals surface area contributed by atoms with Gasteiger partial charge in [0.15, 0.2) is 0 Å². The van der Waals surface area contributed by atoms with Gasteiger partial charge in [0.25, 0.3) is 0 Å². The van der Waals surface area contributed by atoms with Crippen LogP contribution in [0, 0.1) is 6.92 Å². The summed E-state index contributed by atoms with van der Waals surface area (Å²) in [6.07, 6.45) is 1.25. The maximum Gasteiger partial charge on any atom is 0.0708 e. The summed E-state index contributed by atoms with van der Waals surface area (Å²) in [6.45, 7) is 5.44. The Morgan fingerprint density at radius 3 is 2.76 bits per heavy atom. The molecular weight excluding hydrogens is 305 g/mol. The molecule has 1 aliphatic heterocycles. The summed E-state index contributed by atoms with van der Waals surface area (Å²) >= 11 is 0. The van der Waals surface area contributed by atoms with Gasteiger partial charge < -0.3 is 5.32 Å². The molecule has 1 atom stereocenters. The van der Waals surface area contributed by atoms with Crippen molar-refractivity contribution in [1.29, 1.82) is 0 Å². The first kappa shape index (κ1) is 18.2. The van der Waals surface area contributed by atoms with Gasteiger partial charge in [-0.3, -0.25) is 9.88 Å². The number of nitrogens with zero attached hydrogens (tertiary/aromatic N) is 2. The highest BCUT2D eigenvalue weighted by Crippen LogP contribution is 2.21. The molecule has 2 aromatic rings. The van der Waals surface area contributed by atoms with Crippen LogP contribution >= 0.6 is 24.8 Å². The number of halogens is 2. The Bertz CT molecular complexity index is 589. The quantitative estimate of drug-likeness (QED) is 0.938. The van der Waals surface area contributed by atoms with Crippen LogP contribution in [-0.2, 0) is 6.54 Å². The number of rotatable bonds is 3. The van der Waals surface area contributed by atoms with Gasteiger partial charge in [-0.05, 0) is 38.1 Å². The van der Waals surface area contributed by atoms with Crippen LogP contribution in [0.2, 0.25) is 0 Å². The third-order valence-corrected chi connectivity index (χ3v) is 4.00. The zero-order valence-corrected chi connectivity index (χ0v) is 14.1. The van der Waals surface area contributed by atoms with Crippen LogP contribution in [0.1, 0.15) is 17.7 Å². The Morgan fingerprint density at radius 2 is 2.05 bits per heavy atom. The number of aryl methyl sites for hydroxylation is 1. The SMILES string of the molecule is CNC1CCN(Cc2cc(C)nc3ccccc23)C1.Cl.Cl. The van der Waals surface area contributed by atoms with Crippen molar-refractivity contribution in [2.24, 2.45) is 0 Å². The number of hydrogen-bond acceptors (Lipinski definition) is 3. The number of para-hydroxylation sites is 1. The molecule has 0 aliphatic carbocycles. The minimum Gasteiger partial charge on any atom is -0.316 e. The zero-order chi connectivity index (χ0) is 13.2. The highest BCUT2D eigenvalue weighted by Gasteiger charge is 2.21. The molecule has 0 saturated carbocycles. The Kier molecular flexibility index (Phi) is 6.88. The second-order valence-electron chi connectivity index (χ2n) is 5.45. The predicted molar refractivity (Wildman–Crippen MR) is 93.7 cm³/mol. The van der Waals surface area contributed by atoms with Crippen LogP contribution in [-0.4, -0.2) is 36.1 Å². The molecule has 5 heteroatoms. The van der Waals surface area contributed by atoms with Gasteiger partial charge >= 0.3 is 0 Å².